The number of imide groups is 1. The third kappa shape index (κ3) is 4.56. The second kappa shape index (κ2) is 8.96. The second-order valence-electron chi connectivity index (χ2n) is 6.79. The van der Waals surface area contributed by atoms with Gasteiger partial charge in [-0.1, -0.05) is 6.07 Å². The Balaban J connectivity index is 1.36. The number of hydrogen-bond acceptors (Lipinski definition) is 7. The lowest BCUT2D eigenvalue weighted by molar-refractivity contribution is -0.141. The first-order valence-corrected chi connectivity index (χ1v) is 10.4. The van der Waals surface area contributed by atoms with Crippen molar-refractivity contribution in [3.8, 4) is 10.6 Å². The Hall–Kier alpha value is -3.73. The van der Waals surface area contributed by atoms with Gasteiger partial charge in [-0.2, -0.15) is 5.10 Å². The minimum absolute atomic E-state index is 0.0593. The maximum Gasteiger partial charge on any atom is 0.324 e. The van der Waals surface area contributed by atoms with Gasteiger partial charge in [0.05, 0.1) is 24.2 Å². The minimum atomic E-state index is -1.06. The van der Waals surface area contributed by atoms with Crippen molar-refractivity contribution in [1.82, 2.24) is 25.3 Å². The number of nitrogens with one attached hydrogen (secondary N) is 2. The van der Waals surface area contributed by atoms with Gasteiger partial charge in [0.2, 0.25) is 11.8 Å². The zero-order valence-corrected chi connectivity index (χ0v) is 17.1. The molecule has 31 heavy (non-hydrogen) atoms. The van der Waals surface area contributed by atoms with Gasteiger partial charge in [0.1, 0.15) is 17.4 Å². The van der Waals surface area contributed by atoms with Crippen molar-refractivity contribution >= 4 is 29.2 Å². The Kier molecular flexibility index (Phi) is 5.94. The first-order chi connectivity index (χ1) is 15.0. The van der Waals surface area contributed by atoms with E-state index in [2.05, 4.69) is 15.7 Å². The van der Waals surface area contributed by atoms with Crippen LogP contribution in [0.25, 0.3) is 10.6 Å². The highest BCUT2D eigenvalue weighted by Gasteiger charge is 2.38. The maximum atomic E-state index is 12.7. The van der Waals surface area contributed by atoms with Crippen LogP contribution >= 0.6 is 11.3 Å². The lowest BCUT2D eigenvalue weighted by Gasteiger charge is -2.30. The summed E-state index contributed by atoms with van der Waals surface area (Å²) in [5, 5.41) is 11.4. The van der Waals surface area contributed by atoms with Crippen LogP contribution in [0.1, 0.15) is 5.76 Å². The van der Waals surface area contributed by atoms with Crippen molar-refractivity contribution in [3.05, 3.63) is 64.2 Å². The minimum Gasteiger partial charge on any atom is -0.467 e. The second-order valence-corrected chi connectivity index (χ2v) is 7.74. The van der Waals surface area contributed by atoms with Crippen LogP contribution in [0, 0.1) is 5.92 Å². The Bertz CT molecular complexity index is 1140. The zero-order chi connectivity index (χ0) is 21.8. The number of amides is 4. The lowest BCUT2D eigenvalue weighted by Crippen LogP contribution is -2.58. The number of hydrogen-bond donors (Lipinski definition) is 2. The van der Waals surface area contributed by atoms with Crippen molar-refractivity contribution in [3.63, 3.8) is 0 Å². The van der Waals surface area contributed by atoms with Crippen molar-refractivity contribution in [2.45, 2.75) is 13.1 Å². The van der Waals surface area contributed by atoms with Crippen LogP contribution in [0.15, 0.2) is 57.3 Å². The summed E-state index contributed by atoms with van der Waals surface area (Å²) in [6.45, 7) is 0.100. The summed E-state index contributed by atoms with van der Waals surface area (Å²) in [7, 11) is 0. The molecule has 0 aliphatic carbocycles. The Morgan fingerprint density at radius 3 is 2.84 bits per heavy atom. The average Bonchev–Trinajstić information content (AvgIpc) is 3.47. The van der Waals surface area contributed by atoms with E-state index in [0.29, 0.717) is 11.5 Å². The largest absolute Gasteiger partial charge is 0.467 e. The summed E-state index contributed by atoms with van der Waals surface area (Å²) < 4.78 is 6.44. The number of urea groups is 1. The summed E-state index contributed by atoms with van der Waals surface area (Å²) in [5.41, 5.74) is 0.375. The van der Waals surface area contributed by atoms with Crippen LogP contribution in [-0.2, 0) is 22.7 Å². The number of rotatable bonds is 7. The molecule has 1 fully saturated rings. The number of thiophene rings is 1. The molecule has 3 aromatic heterocycles. The lowest BCUT2D eigenvalue weighted by atomic mass is 10.0. The normalized spacial score (nSPS) is 16.3. The van der Waals surface area contributed by atoms with E-state index in [9.17, 15) is 19.2 Å². The monoisotopic (exact) mass is 441 g/mol. The van der Waals surface area contributed by atoms with Gasteiger partial charge in [0, 0.05) is 19.2 Å². The SMILES string of the molecule is O=C(NCCn1nc(-c2cccs2)ccc1=O)C1CNC(=O)N(Cc2ccco2)C1=O. The summed E-state index contributed by atoms with van der Waals surface area (Å²) in [4.78, 5) is 51.2. The van der Waals surface area contributed by atoms with Crippen molar-refractivity contribution in [2.75, 3.05) is 13.1 Å². The molecule has 2 N–H and O–H groups in total. The fraction of sp³-hybridized carbons (Fsp3) is 0.250. The highest BCUT2D eigenvalue weighted by molar-refractivity contribution is 7.13. The Morgan fingerprint density at radius 2 is 2.10 bits per heavy atom. The molecule has 4 amide bonds. The van der Waals surface area contributed by atoms with Gasteiger partial charge in [-0.3, -0.25) is 19.3 Å². The number of aromatic nitrogens is 2. The molecule has 10 nitrogen and oxygen atoms in total. The molecule has 0 bridgehead atoms. The molecule has 0 aromatic carbocycles. The standard InChI is InChI=1S/C20H19N5O5S/c26-17-6-5-15(16-4-2-10-31-16)23-25(17)8-7-21-18(27)14-11-22-20(29)24(19(14)28)12-13-3-1-9-30-13/h1-6,9-10,14H,7-8,11-12H2,(H,21,27)(H,22,29). The van der Waals surface area contributed by atoms with Crippen molar-refractivity contribution in [2.24, 2.45) is 5.92 Å². The van der Waals surface area contributed by atoms with Crippen LogP contribution in [0.4, 0.5) is 4.79 Å². The molecule has 1 aliphatic rings. The summed E-state index contributed by atoms with van der Waals surface area (Å²) in [6, 6.07) is 9.59. The molecule has 160 valence electrons. The van der Waals surface area contributed by atoms with Crippen molar-refractivity contribution in [1.29, 1.82) is 0 Å². The first kappa shape index (κ1) is 20.5. The number of carbonyl (C=O) groups is 3. The molecule has 1 aliphatic heterocycles. The molecule has 3 aromatic rings. The molecule has 0 saturated carbocycles. The highest BCUT2D eigenvalue weighted by atomic mass is 32.1. The van der Waals surface area contributed by atoms with Gasteiger partial charge in [-0.25, -0.2) is 9.48 Å². The topological polar surface area (TPSA) is 127 Å². The van der Waals surface area contributed by atoms with E-state index < -0.39 is 23.8 Å². The van der Waals surface area contributed by atoms with Crippen LogP contribution < -0.4 is 16.2 Å². The molecule has 0 radical (unpaired) electrons. The summed E-state index contributed by atoms with van der Waals surface area (Å²) in [6.07, 6.45) is 1.44. The van der Waals surface area contributed by atoms with E-state index in [1.807, 2.05) is 17.5 Å². The van der Waals surface area contributed by atoms with Gasteiger partial charge in [-0.05, 0) is 29.6 Å². The Morgan fingerprint density at radius 1 is 1.23 bits per heavy atom. The molecular weight excluding hydrogens is 422 g/mol. The molecule has 4 heterocycles. The third-order valence-electron chi connectivity index (χ3n) is 4.74. The zero-order valence-electron chi connectivity index (χ0n) is 16.3. The Labute approximate surface area is 180 Å². The van der Waals surface area contributed by atoms with Gasteiger partial charge in [-0.15, -0.1) is 11.3 Å². The van der Waals surface area contributed by atoms with E-state index in [1.54, 1.807) is 18.2 Å². The smallest absolute Gasteiger partial charge is 0.324 e. The molecule has 1 unspecified atom stereocenters. The average molecular weight is 441 g/mol. The van der Waals surface area contributed by atoms with E-state index >= 15 is 0 Å². The van der Waals surface area contributed by atoms with Gasteiger partial charge in [0.15, 0.2) is 0 Å². The number of furan rings is 1. The van der Waals surface area contributed by atoms with Gasteiger partial charge >= 0.3 is 6.03 Å². The van der Waals surface area contributed by atoms with E-state index in [-0.39, 0.29) is 31.7 Å². The first-order valence-electron chi connectivity index (χ1n) is 9.54. The quantitative estimate of drug-likeness (QED) is 0.528. The molecular formula is C20H19N5O5S. The van der Waals surface area contributed by atoms with E-state index in [0.717, 1.165) is 9.78 Å². The summed E-state index contributed by atoms with van der Waals surface area (Å²) >= 11 is 1.51. The highest BCUT2D eigenvalue weighted by Crippen LogP contribution is 2.21. The fourth-order valence-electron chi connectivity index (χ4n) is 3.15. The predicted molar refractivity (Wildman–Crippen MR) is 111 cm³/mol. The van der Waals surface area contributed by atoms with E-state index in [4.69, 9.17) is 4.42 Å². The molecule has 1 atom stereocenters. The molecule has 0 spiro atoms. The van der Waals surface area contributed by atoms with Gasteiger partial charge in [0.25, 0.3) is 5.56 Å². The molecule has 11 heteroatoms. The maximum absolute atomic E-state index is 12.7. The fourth-order valence-corrected chi connectivity index (χ4v) is 3.84. The summed E-state index contributed by atoms with van der Waals surface area (Å²) in [5.74, 6) is -1.76. The van der Waals surface area contributed by atoms with Crippen LogP contribution in [0.5, 0.6) is 0 Å². The van der Waals surface area contributed by atoms with Crippen LogP contribution in [0.3, 0.4) is 0 Å². The van der Waals surface area contributed by atoms with Crippen LogP contribution in [0.2, 0.25) is 0 Å². The molecule has 4 rings (SSSR count). The number of nitrogens with zero attached hydrogens (tertiary/aromatic N) is 3. The van der Waals surface area contributed by atoms with Gasteiger partial charge < -0.3 is 15.1 Å². The van der Waals surface area contributed by atoms with Crippen LogP contribution in [-0.4, -0.2) is 45.6 Å². The molecule has 1 saturated heterocycles. The number of carbonyl (C=O) groups excluding carboxylic acids is 3. The predicted octanol–water partition coefficient (Wildman–Crippen LogP) is 1.05. The third-order valence-corrected chi connectivity index (χ3v) is 5.63. The van der Waals surface area contributed by atoms with E-state index in [1.165, 1.54) is 28.3 Å². The van der Waals surface area contributed by atoms with Crippen molar-refractivity contribution < 1.29 is 18.8 Å².